The van der Waals surface area contributed by atoms with E-state index in [0.29, 0.717) is 11.4 Å². The molecule has 5 nitrogen and oxygen atoms in total. The van der Waals surface area contributed by atoms with E-state index in [1.54, 1.807) is 36.4 Å². The van der Waals surface area contributed by atoms with Crippen molar-refractivity contribution in [3.05, 3.63) is 53.6 Å². The van der Waals surface area contributed by atoms with Gasteiger partial charge in [-0.3, -0.25) is 4.72 Å². The third-order valence-electron chi connectivity index (χ3n) is 3.20. The van der Waals surface area contributed by atoms with Crippen molar-refractivity contribution in [1.29, 1.82) is 0 Å². The fourth-order valence-corrected chi connectivity index (χ4v) is 3.05. The molecule has 0 saturated heterocycles. The van der Waals surface area contributed by atoms with Crippen LogP contribution < -0.4 is 10.5 Å². The molecule has 0 aliphatic heterocycles. The predicted octanol–water partition coefficient (Wildman–Crippen LogP) is 2.12. The Morgan fingerprint density at radius 1 is 1.14 bits per heavy atom. The van der Waals surface area contributed by atoms with Crippen molar-refractivity contribution in [3.63, 3.8) is 0 Å². The number of rotatable bonds is 5. The summed E-state index contributed by atoms with van der Waals surface area (Å²) in [6.45, 7) is 1.88. The summed E-state index contributed by atoms with van der Waals surface area (Å²) in [5.41, 5.74) is 8.38. The van der Waals surface area contributed by atoms with E-state index in [4.69, 9.17) is 10.8 Å². The summed E-state index contributed by atoms with van der Waals surface area (Å²) in [5.74, 6) is 0. The lowest BCUT2D eigenvalue weighted by molar-refractivity contribution is 0.282. The van der Waals surface area contributed by atoms with Gasteiger partial charge in [-0.2, -0.15) is 0 Å². The van der Waals surface area contributed by atoms with E-state index < -0.39 is 10.0 Å². The molecule has 0 aliphatic rings. The Labute approximate surface area is 124 Å². The third kappa shape index (κ3) is 3.53. The number of sulfonamides is 1. The van der Waals surface area contributed by atoms with Crippen LogP contribution in [0.2, 0.25) is 0 Å². The Hall–Kier alpha value is -2.05. The normalized spacial score (nSPS) is 11.3. The largest absolute Gasteiger partial charge is 0.398 e. The Morgan fingerprint density at radius 2 is 1.81 bits per heavy atom. The summed E-state index contributed by atoms with van der Waals surface area (Å²) in [7, 11) is -3.67. The van der Waals surface area contributed by atoms with Gasteiger partial charge in [0.25, 0.3) is 10.0 Å². The second kappa shape index (κ2) is 6.15. The van der Waals surface area contributed by atoms with Crippen LogP contribution in [0.5, 0.6) is 0 Å². The maximum Gasteiger partial charge on any atom is 0.261 e. The van der Waals surface area contributed by atoms with Crippen LogP contribution in [0.1, 0.15) is 18.1 Å². The maximum atomic E-state index is 12.3. The molecule has 0 aromatic heterocycles. The summed E-state index contributed by atoms with van der Waals surface area (Å²) in [6, 6.07) is 11.3. The van der Waals surface area contributed by atoms with Gasteiger partial charge in [0.05, 0.1) is 11.5 Å². The monoisotopic (exact) mass is 306 g/mol. The summed E-state index contributed by atoms with van der Waals surface area (Å²) >= 11 is 0. The number of aliphatic hydroxyl groups excluding tert-OH is 1. The van der Waals surface area contributed by atoms with Crippen molar-refractivity contribution in [3.8, 4) is 0 Å². The van der Waals surface area contributed by atoms with Gasteiger partial charge in [-0.05, 0) is 41.8 Å². The van der Waals surface area contributed by atoms with Crippen LogP contribution in [-0.4, -0.2) is 13.5 Å². The summed E-state index contributed by atoms with van der Waals surface area (Å²) in [5, 5.41) is 8.97. The first-order valence-corrected chi connectivity index (χ1v) is 8.05. The molecule has 6 heteroatoms. The van der Waals surface area contributed by atoms with Crippen LogP contribution in [-0.2, 0) is 23.1 Å². The first kappa shape index (κ1) is 15.3. The third-order valence-corrected chi connectivity index (χ3v) is 4.58. The van der Waals surface area contributed by atoms with Crippen molar-refractivity contribution in [2.24, 2.45) is 0 Å². The highest BCUT2D eigenvalue weighted by Crippen LogP contribution is 2.21. The number of aryl methyl sites for hydroxylation is 1. The van der Waals surface area contributed by atoms with Crippen molar-refractivity contribution in [1.82, 2.24) is 0 Å². The minimum Gasteiger partial charge on any atom is -0.398 e. The summed E-state index contributed by atoms with van der Waals surface area (Å²) in [4.78, 5) is 0.128. The molecule has 0 unspecified atom stereocenters. The molecule has 0 atom stereocenters. The van der Waals surface area contributed by atoms with E-state index in [9.17, 15) is 8.42 Å². The molecule has 0 saturated carbocycles. The van der Waals surface area contributed by atoms with Crippen molar-refractivity contribution >= 4 is 21.4 Å². The summed E-state index contributed by atoms with van der Waals surface area (Å²) < 4.78 is 27.1. The number of aliphatic hydroxyl groups is 1. The molecule has 21 heavy (non-hydrogen) atoms. The number of nitrogens with one attached hydrogen (secondary N) is 1. The zero-order valence-electron chi connectivity index (χ0n) is 11.7. The molecule has 2 rings (SSSR count). The summed E-state index contributed by atoms with van der Waals surface area (Å²) in [6.07, 6.45) is 0.752. The predicted molar refractivity (Wildman–Crippen MR) is 83.4 cm³/mol. The van der Waals surface area contributed by atoms with Crippen molar-refractivity contribution < 1.29 is 13.5 Å². The minimum absolute atomic E-state index is 0.0813. The molecule has 112 valence electrons. The highest BCUT2D eigenvalue weighted by atomic mass is 32.2. The highest BCUT2D eigenvalue weighted by Gasteiger charge is 2.15. The second-order valence-electron chi connectivity index (χ2n) is 4.67. The molecule has 4 N–H and O–H groups in total. The second-order valence-corrected chi connectivity index (χ2v) is 6.36. The van der Waals surface area contributed by atoms with E-state index in [1.807, 2.05) is 6.92 Å². The Kier molecular flexibility index (Phi) is 4.50. The van der Waals surface area contributed by atoms with Crippen LogP contribution in [0.3, 0.4) is 0 Å². The SMILES string of the molecule is CCc1ccc(S(=O)(=O)Nc2ccc(CO)cc2)cc1N. The molecule has 0 spiro atoms. The number of hydrogen-bond acceptors (Lipinski definition) is 4. The van der Waals surface area contributed by atoms with Gasteiger partial charge in [-0.1, -0.05) is 25.1 Å². The van der Waals surface area contributed by atoms with Crippen LogP contribution in [0.4, 0.5) is 11.4 Å². The van der Waals surface area contributed by atoms with Gasteiger partial charge >= 0.3 is 0 Å². The highest BCUT2D eigenvalue weighted by molar-refractivity contribution is 7.92. The van der Waals surface area contributed by atoms with Gasteiger partial charge in [0.1, 0.15) is 0 Å². The van der Waals surface area contributed by atoms with Gasteiger partial charge in [-0.15, -0.1) is 0 Å². The van der Waals surface area contributed by atoms with Crippen LogP contribution in [0.15, 0.2) is 47.4 Å². The van der Waals surface area contributed by atoms with Crippen LogP contribution >= 0.6 is 0 Å². The molecule has 0 heterocycles. The molecule has 2 aromatic carbocycles. The Morgan fingerprint density at radius 3 is 2.33 bits per heavy atom. The fraction of sp³-hybridized carbons (Fsp3) is 0.200. The van der Waals surface area contributed by atoms with Crippen molar-refractivity contribution in [2.75, 3.05) is 10.5 Å². The molecule has 0 amide bonds. The van der Waals surface area contributed by atoms with Gasteiger partial charge in [0, 0.05) is 11.4 Å². The number of hydrogen-bond donors (Lipinski definition) is 3. The average Bonchev–Trinajstić information content (AvgIpc) is 2.47. The van der Waals surface area contributed by atoms with Gasteiger partial charge in [-0.25, -0.2) is 8.42 Å². The van der Waals surface area contributed by atoms with E-state index in [-0.39, 0.29) is 11.5 Å². The van der Waals surface area contributed by atoms with E-state index in [2.05, 4.69) is 4.72 Å². The molecular formula is C15H18N2O3S. The molecule has 0 aliphatic carbocycles. The average molecular weight is 306 g/mol. The quantitative estimate of drug-likeness (QED) is 0.738. The smallest absolute Gasteiger partial charge is 0.261 e. The van der Waals surface area contributed by atoms with E-state index >= 15 is 0 Å². The standard InChI is InChI=1S/C15H18N2O3S/c1-2-12-5-8-14(9-15(12)16)21(19,20)17-13-6-3-11(10-18)4-7-13/h3-9,17-18H,2,10,16H2,1H3. The lowest BCUT2D eigenvalue weighted by Gasteiger charge is -2.10. The number of nitrogen functional groups attached to an aromatic ring is 1. The maximum absolute atomic E-state index is 12.3. The zero-order valence-corrected chi connectivity index (χ0v) is 12.5. The topological polar surface area (TPSA) is 92.4 Å². The van der Waals surface area contributed by atoms with E-state index in [1.165, 1.54) is 6.07 Å². The fourth-order valence-electron chi connectivity index (χ4n) is 1.95. The number of nitrogens with two attached hydrogens (primary N) is 1. The van der Waals surface area contributed by atoms with Gasteiger partial charge in [0.2, 0.25) is 0 Å². The molecule has 0 bridgehead atoms. The van der Waals surface area contributed by atoms with Crippen LogP contribution in [0.25, 0.3) is 0 Å². The van der Waals surface area contributed by atoms with Gasteiger partial charge in [0.15, 0.2) is 0 Å². The Balaban J connectivity index is 2.26. The number of anilines is 2. The molecular weight excluding hydrogens is 288 g/mol. The van der Waals surface area contributed by atoms with Gasteiger partial charge < -0.3 is 10.8 Å². The first-order chi connectivity index (χ1) is 9.96. The minimum atomic E-state index is -3.67. The molecule has 2 aromatic rings. The first-order valence-electron chi connectivity index (χ1n) is 6.57. The molecule has 0 fully saturated rings. The molecule has 0 radical (unpaired) electrons. The lowest BCUT2D eigenvalue weighted by atomic mass is 10.1. The zero-order chi connectivity index (χ0) is 15.5. The Bertz CT molecular complexity index is 725. The van der Waals surface area contributed by atoms with E-state index in [0.717, 1.165) is 17.5 Å². The number of benzene rings is 2. The lowest BCUT2D eigenvalue weighted by Crippen LogP contribution is -2.13. The van der Waals surface area contributed by atoms with Crippen molar-refractivity contribution in [2.45, 2.75) is 24.8 Å². The van der Waals surface area contributed by atoms with Crippen LogP contribution in [0, 0.1) is 0 Å².